The van der Waals surface area contributed by atoms with E-state index < -0.39 is 10.0 Å². The number of aromatic nitrogens is 3. The van der Waals surface area contributed by atoms with Crippen molar-refractivity contribution in [2.45, 2.75) is 33.7 Å². The molecule has 0 N–H and O–H groups in total. The van der Waals surface area contributed by atoms with Crippen LogP contribution in [-0.2, 0) is 23.6 Å². The Kier molecular flexibility index (Phi) is 4.35. The van der Waals surface area contributed by atoms with Gasteiger partial charge in [-0.15, -0.1) is 0 Å². The molecule has 2 unspecified atom stereocenters. The van der Waals surface area contributed by atoms with Gasteiger partial charge in [0.25, 0.3) is 0 Å². The zero-order valence-corrected chi connectivity index (χ0v) is 18.0. The fourth-order valence-corrected chi connectivity index (χ4v) is 5.31. The van der Waals surface area contributed by atoms with Gasteiger partial charge in [0.05, 0.1) is 17.5 Å². The average Bonchev–Trinajstić information content (AvgIpc) is 3.21. The quantitative estimate of drug-likeness (QED) is 0.785. The molecule has 0 spiro atoms. The monoisotopic (exact) mass is 404 g/mol. The van der Waals surface area contributed by atoms with Gasteiger partial charge in [-0.05, 0) is 41.4 Å². The van der Waals surface area contributed by atoms with Crippen LogP contribution in [0.15, 0.2) is 23.0 Å². The summed E-state index contributed by atoms with van der Waals surface area (Å²) in [7, 11) is -1.36. The van der Waals surface area contributed by atoms with E-state index in [1.165, 1.54) is 6.26 Å². The van der Waals surface area contributed by atoms with Crippen molar-refractivity contribution in [1.82, 2.24) is 18.4 Å². The molecule has 1 aliphatic carbocycles. The van der Waals surface area contributed by atoms with Gasteiger partial charge in [0, 0.05) is 26.7 Å². The lowest BCUT2D eigenvalue weighted by atomic mass is 9.97. The predicted octanol–water partition coefficient (Wildman–Crippen LogP) is 2.08. The number of nitrogens with zero attached hydrogens (tertiary/aromatic N) is 4. The van der Waals surface area contributed by atoms with Gasteiger partial charge in [-0.3, -0.25) is 9.13 Å². The van der Waals surface area contributed by atoms with Gasteiger partial charge in [-0.2, -0.15) is 0 Å². The van der Waals surface area contributed by atoms with Gasteiger partial charge < -0.3 is 0 Å². The molecule has 2 aromatic heterocycles. The highest BCUT2D eigenvalue weighted by Crippen LogP contribution is 2.41. The van der Waals surface area contributed by atoms with Crippen LogP contribution < -0.4 is 5.69 Å². The molecule has 0 aromatic carbocycles. The maximum atomic E-state index is 12.7. The SMILES string of the molecule is Cn1c(=O)n(CC(C)(C)C)c2ccc(C3=CC4CN(S(C)(=O)=O)CC4C3)nc21. The standard InChI is InChI=1S/C20H28N4O3S/c1-20(2,3)12-24-17-7-6-16(21-18(17)22(4)19(24)25)13-8-14-10-23(28(5,26)27)11-15(14)9-13/h6-8,14-15H,9-12H2,1-5H3. The zero-order valence-electron chi connectivity index (χ0n) is 17.1. The number of aryl methyl sites for hydroxylation is 1. The second-order valence-corrected chi connectivity index (χ2v) is 11.4. The lowest BCUT2D eigenvalue weighted by molar-refractivity contribution is 0.342. The van der Waals surface area contributed by atoms with Gasteiger partial charge >= 0.3 is 5.69 Å². The van der Waals surface area contributed by atoms with E-state index in [4.69, 9.17) is 4.98 Å². The summed E-state index contributed by atoms with van der Waals surface area (Å²) in [6.07, 6.45) is 4.27. The molecule has 2 aliphatic rings. The van der Waals surface area contributed by atoms with Crippen LogP contribution in [0.25, 0.3) is 16.7 Å². The summed E-state index contributed by atoms with van der Waals surface area (Å²) in [5.74, 6) is 0.563. The van der Waals surface area contributed by atoms with Crippen molar-refractivity contribution >= 4 is 26.8 Å². The van der Waals surface area contributed by atoms with Crippen molar-refractivity contribution < 1.29 is 8.42 Å². The van der Waals surface area contributed by atoms with Crippen LogP contribution in [0, 0.1) is 17.3 Å². The summed E-state index contributed by atoms with van der Waals surface area (Å²) in [6, 6.07) is 3.98. The fourth-order valence-electron chi connectivity index (χ4n) is 4.41. The minimum absolute atomic E-state index is 0.00626. The van der Waals surface area contributed by atoms with E-state index in [9.17, 15) is 13.2 Å². The summed E-state index contributed by atoms with van der Waals surface area (Å²) >= 11 is 0. The first-order valence-corrected chi connectivity index (χ1v) is 11.5. The van der Waals surface area contributed by atoms with Gasteiger partial charge in [0.1, 0.15) is 0 Å². The third-order valence-corrected chi connectivity index (χ3v) is 7.00. The smallest absolute Gasteiger partial charge is 0.290 e. The van der Waals surface area contributed by atoms with Crippen LogP contribution in [0.3, 0.4) is 0 Å². The molecule has 0 bridgehead atoms. The second-order valence-electron chi connectivity index (χ2n) is 9.43. The first-order valence-electron chi connectivity index (χ1n) is 9.66. The van der Waals surface area contributed by atoms with E-state index in [1.807, 2.05) is 12.1 Å². The number of sulfonamides is 1. The largest absolute Gasteiger partial charge is 0.330 e. The van der Waals surface area contributed by atoms with Crippen molar-refractivity contribution in [1.29, 1.82) is 0 Å². The third kappa shape index (κ3) is 3.33. The van der Waals surface area contributed by atoms with Crippen molar-refractivity contribution in [2.24, 2.45) is 24.3 Å². The Morgan fingerprint density at radius 3 is 2.54 bits per heavy atom. The Hall–Kier alpha value is -1.93. The lowest BCUT2D eigenvalue weighted by Gasteiger charge is -2.18. The molecule has 0 saturated carbocycles. The summed E-state index contributed by atoms with van der Waals surface area (Å²) < 4.78 is 28.6. The van der Waals surface area contributed by atoms with Gasteiger partial charge in [-0.1, -0.05) is 26.8 Å². The highest BCUT2D eigenvalue weighted by Gasteiger charge is 2.40. The van der Waals surface area contributed by atoms with Gasteiger partial charge in [0.15, 0.2) is 5.65 Å². The van der Waals surface area contributed by atoms with E-state index in [0.29, 0.717) is 31.2 Å². The maximum absolute atomic E-state index is 12.7. The molecule has 3 heterocycles. The molecular weight excluding hydrogens is 376 g/mol. The fraction of sp³-hybridized carbons (Fsp3) is 0.600. The van der Waals surface area contributed by atoms with Crippen LogP contribution in [0.2, 0.25) is 0 Å². The number of rotatable bonds is 3. The third-order valence-electron chi connectivity index (χ3n) is 5.77. The summed E-state index contributed by atoms with van der Waals surface area (Å²) in [6.45, 7) is 8.10. The van der Waals surface area contributed by atoms with Crippen LogP contribution in [0.4, 0.5) is 0 Å². The zero-order chi connectivity index (χ0) is 20.4. The maximum Gasteiger partial charge on any atom is 0.330 e. The molecule has 8 heteroatoms. The molecule has 1 fully saturated rings. The van der Waals surface area contributed by atoms with E-state index in [1.54, 1.807) is 20.5 Å². The lowest BCUT2D eigenvalue weighted by Crippen LogP contribution is -2.28. The van der Waals surface area contributed by atoms with Crippen molar-refractivity contribution in [3.05, 3.63) is 34.4 Å². The molecule has 4 rings (SSSR count). The number of imidazole rings is 1. The van der Waals surface area contributed by atoms with Crippen molar-refractivity contribution in [3.8, 4) is 0 Å². The Balaban J connectivity index is 1.67. The molecule has 1 aliphatic heterocycles. The van der Waals surface area contributed by atoms with E-state index in [2.05, 4.69) is 26.8 Å². The van der Waals surface area contributed by atoms with Gasteiger partial charge in [0.2, 0.25) is 10.0 Å². The Morgan fingerprint density at radius 1 is 1.21 bits per heavy atom. The molecular formula is C20H28N4O3S. The molecule has 2 aromatic rings. The van der Waals surface area contributed by atoms with Crippen LogP contribution >= 0.6 is 0 Å². The minimum atomic E-state index is -3.13. The summed E-state index contributed by atoms with van der Waals surface area (Å²) in [5, 5.41) is 0. The van der Waals surface area contributed by atoms with Crippen LogP contribution in [0.1, 0.15) is 32.9 Å². The average molecular weight is 405 g/mol. The molecule has 152 valence electrons. The first kappa shape index (κ1) is 19.4. The normalized spacial score (nSPS) is 23.4. The second kappa shape index (κ2) is 6.29. The summed E-state index contributed by atoms with van der Waals surface area (Å²) in [5.41, 5.74) is 3.54. The molecule has 28 heavy (non-hydrogen) atoms. The Labute approximate surface area is 165 Å². The van der Waals surface area contributed by atoms with Crippen LogP contribution in [-0.4, -0.2) is 46.2 Å². The van der Waals surface area contributed by atoms with Crippen LogP contribution in [0.5, 0.6) is 0 Å². The highest BCUT2D eigenvalue weighted by molar-refractivity contribution is 7.88. The van der Waals surface area contributed by atoms with Crippen molar-refractivity contribution in [3.63, 3.8) is 0 Å². The number of allylic oxidation sites excluding steroid dienone is 1. The number of fused-ring (bicyclic) bond motifs is 2. The van der Waals surface area contributed by atoms with Gasteiger partial charge in [-0.25, -0.2) is 22.5 Å². The molecule has 0 radical (unpaired) electrons. The number of pyridine rings is 1. The topological polar surface area (TPSA) is 77.2 Å². The molecule has 2 atom stereocenters. The molecule has 7 nitrogen and oxygen atoms in total. The number of hydrogen-bond donors (Lipinski definition) is 0. The highest BCUT2D eigenvalue weighted by atomic mass is 32.2. The number of hydrogen-bond acceptors (Lipinski definition) is 4. The first-order chi connectivity index (χ1) is 12.9. The van der Waals surface area contributed by atoms with Crippen molar-refractivity contribution in [2.75, 3.05) is 19.3 Å². The van der Waals surface area contributed by atoms with E-state index in [0.717, 1.165) is 23.2 Å². The van der Waals surface area contributed by atoms with E-state index in [-0.39, 0.29) is 17.0 Å². The summed E-state index contributed by atoms with van der Waals surface area (Å²) in [4.78, 5) is 17.5. The molecule has 0 amide bonds. The Morgan fingerprint density at radius 2 is 1.93 bits per heavy atom. The molecule has 1 saturated heterocycles. The minimum Gasteiger partial charge on any atom is -0.290 e. The Bertz CT molecular complexity index is 1130. The van der Waals surface area contributed by atoms with E-state index >= 15 is 0 Å². The predicted molar refractivity (Wildman–Crippen MR) is 110 cm³/mol.